The maximum absolute atomic E-state index is 4.41. The van der Waals surface area contributed by atoms with Gasteiger partial charge < -0.3 is 10.6 Å². The highest BCUT2D eigenvalue weighted by Crippen LogP contribution is 2.22. The molecule has 18 heavy (non-hydrogen) atoms. The maximum Gasteiger partial charge on any atom is 0.128 e. The number of benzene rings is 1. The third-order valence-electron chi connectivity index (χ3n) is 2.98. The first-order valence-corrected chi connectivity index (χ1v) is 6.13. The minimum absolute atomic E-state index is 0.899. The number of anilines is 1. The van der Waals surface area contributed by atoms with E-state index in [4.69, 9.17) is 0 Å². The van der Waals surface area contributed by atoms with Gasteiger partial charge in [0, 0.05) is 25.4 Å². The summed E-state index contributed by atoms with van der Waals surface area (Å²) in [5, 5.41) is 6.23. The highest BCUT2D eigenvalue weighted by atomic mass is 15.0. The zero-order valence-corrected chi connectivity index (χ0v) is 11.1. The summed E-state index contributed by atoms with van der Waals surface area (Å²) in [5.41, 5.74) is 4.81. The van der Waals surface area contributed by atoms with E-state index in [1.54, 1.807) is 0 Å². The lowest BCUT2D eigenvalue weighted by molar-refractivity contribution is 0.818. The Balaban J connectivity index is 2.28. The van der Waals surface area contributed by atoms with Crippen LogP contribution >= 0.6 is 0 Å². The summed E-state index contributed by atoms with van der Waals surface area (Å²) in [6, 6.07) is 10.7. The van der Waals surface area contributed by atoms with Crippen LogP contribution in [0.2, 0.25) is 0 Å². The third kappa shape index (κ3) is 2.68. The van der Waals surface area contributed by atoms with Crippen LogP contribution in [0.15, 0.2) is 36.5 Å². The monoisotopic (exact) mass is 241 g/mol. The molecule has 3 heteroatoms. The molecule has 0 unspecified atom stereocenters. The Bertz CT molecular complexity index is 518. The Hall–Kier alpha value is -1.87. The topological polar surface area (TPSA) is 37.0 Å². The van der Waals surface area contributed by atoms with Crippen molar-refractivity contribution in [2.45, 2.75) is 13.5 Å². The lowest BCUT2D eigenvalue weighted by Crippen LogP contribution is -2.04. The third-order valence-corrected chi connectivity index (χ3v) is 2.98. The lowest BCUT2D eigenvalue weighted by Gasteiger charge is -2.08. The van der Waals surface area contributed by atoms with Gasteiger partial charge in [0.25, 0.3) is 0 Å². The molecule has 2 rings (SSSR count). The minimum atomic E-state index is 0.899. The van der Waals surface area contributed by atoms with Crippen molar-refractivity contribution < 1.29 is 0 Å². The van der Waals surface area contributed by atoms with Crippen molar-refractivity contribution in [3.05, 3.63) is 47.7 Å². The van der Waals surface area contributed by atoms with E-state index in [0.29, 0.717) is 0 Å². The molecular formula is C15H19N3. The van der Waals surface area contributed by atoms with Crippen LogP contribution in [0.4, 0.5) is 5.82 Å². The van der Waals surface area contributed by atoms with E-state index < -0.39 is 0 Å². The van der Waals surface area contributed by atoms with E-state index in [-0.39, 0.29) is 0 Å². The van der Waals surface area contributed by atoms with Crippen LogP contribution in [-0.4, -0.2) is 19.1 Å². The summed E-state index contributed by atoms with van der Waals surface area (Å²) < 4.78 is 0. The largest absolute Gasteiger partial charge is 0.373 e. The summed E-state index contributed by atoms with van der Waals surface area (Å²) in [7, 11) is 3.85. The zero-order chi connectivity index (χ0) is 13.0. The van der Waals surface area contributed by atoms with Gasteiger partial charge in [0.1, 0.15) is 5.82 Å². The second kappa shape index (κ2) is 5.65. The van der Waals surface area contributed by atoms with Gasteiger partial charge >= 0.3 is 0 Å². The molecule has 0 bridgehead atoms. The molecule has 0 aliphatic heterocycles. The van der Waals surface area contributed by atoms with Crippen LogP contribution in [0.1, 0.15) is 11.1 Å². The summed E-state index contributed by atoms with van der Waals surface area (Å²) in [6.07, 6.45) is 1.91. The van der Waals surface area contributed by atoms with E-state index in [1.165, 1.54) is 11.1 Å². The van der Waals surface area contributed by atoms with Crippen LogP contribution in [0.3, 0.4) is 0 Å². The minimum Gasteiger partial charge on any atom is -0.373 e. The summed E-state index contributed by atoms with van der Waals surface area (Å²) in [6.45, 7) is 2.97. The standard InChI is InChI=1S/C15H19N3/c1-11-8-14(10-18-15(11)17-3)13-6-4-12(5-7-13)9-16-2/h4-8,10,16H,9H2,1-3H3,(H,17,18). The second-order valence-electron chi connectivity index (χ2n) is 4.37. The Morgan fingerprint density at radius 2 is 1.78 bits per heavy atom. The second-order valence-corrected chi connectivity index (χ2v) is 4.37. The summed E-state index contributed by atoms with van der Waals surface area (Å²) >= 11 is 0. The van der Waals surface area contributed by atoms with Crippen LogP contribution in [-0.2, 0) is 6.54 Å². The first-order valence-electron chi connectivity index (χ1n) is 6.13. The average Bonchev–Trinajstić information content (AvgIpc) is 2.40. The lowest BCUT2D eigenvalue weighted by atomic mass is 10.0. The highest BCUT2D eigenvalue weighted by Gasteiger charge is 2.02. The molecule has 0 atom stereocenters. The number of hydrogen-bond acceptors (Lipinski definition) is 3. The number of rotatable bonds is 4. The van der Waals surface area contributed by atoms with Crippen LogP contribution in [0.5, 0.6) is 0 Å². The molecule has 0 spiro atoms. The van der Waals surface area contributed by atoms with Gasteiger partial charge in [0.15, 0.2) is 0 Å². The molecule has 0 amide bonds. The Morgan fingerprint density at radius 3 is 2.33 bits per heavy atom. The van der Waals surface area contributed by atoms with Crippen LogP contribution in [0.25, 0.3) is 11.1 Å². The molecule has 1 aromatic carbocycles. The molecule has 3 nitrogen and oxygen atoms in total. The number of hydrogen-bond donors (Lipinski definition) is 2. The molecule has 2 N–H and O–H groups in total. The fourth-order valence-corrected chi connectivity index (χ4v) is 2.01. The van der Waals surface area contributed by atoms with E-state index >= 15 is 0 Å². The van der Waals surface area contributed by atoms with Crippen LogP contribution < -0.4 is 10.6 Å². The van der Waals surface area contributed by atoms with Crippen molar-refractivity contribution in [1.82, 2.24) is 10.3 Å². The molecule has 0 aliphatic carbocycles. The first kappa shape index (κ1) is 12.6. The summed E-state index contributed by atoms with van der Waals surface area (Å²) in [5.74, 6) is 0.936. The van der Waals surface area contributed by atoms with Crippen LogP contribution in [0, 0.1) is 6.92 Å². The quantitative estimate of drug-likeness (QED) is 0.864. The molecule has 0 aliphatic rings. The van der Waals surface area contributed by atoms with Gasteiger partial charge in [0.2, 0.25) is 0 Å². The molecule has 1 heterocycles. The van der Waals surface area contributed by atoms with Gasteiger partial charge in [-0.1, -0.05) is 24.3 Å². The van der Waals surface area contributed by atoms with Gasteiger partial charge in [0.05, 0.1) is 0 Å². The SMILES string of the molecule is CNCc1ccc(-c2cnc(NC)c(C)c2)cc1. The van der Waals surface area contributed by atoms with Crippen molar-refractivity contribution in [3.8, 4) is 11.1 Å². The van der Waals surface area contributed by atoms with Crippen molar-refractivity contribution >= 4 is 5.82 Å². The van der Waals surface area contributed by atoms with Crippen molar-refractivity contribution in [2.75, 3.05) is 19.4 Å². The molecular weight excluding hydrogens is 222 g/mol. The fourth-order valence-electron chi connectivity index (χ4n) is 2.01. The van der Waals surface area contributed by atoms with E-state index in [1.807, 2.05) is 20.3 Å². The number of aryl methyl sites for hydroxylation is 1. The van der Waals surface area contributed by atoms with Gasteiger partial charge in [-0.25, -0.2) is 4.98 Å². The maximum atomic E-state index is 4.41. The predicted octanol–water partition coefficient (Wildman–Crippen LogP) is 2.82. The predicted molar refractivity (Wildman–Crippen MR) is 76.7 cm³/mol. The van der Waals surface area contributed by atoms with Gasteiger partial charge in [-0.2, -0.15) is 0 Å². The van der Waals surface area contributed by atoms with Gasteiger partial charge in [-0.15, -0.1) is 0 Å². The Morgan fingerprint density at radius 1 is 1.06 bits per heavy atom. The Kier molecular flexibility index (Phi) is 3.95. The van der Waals surface area contributed by atoms with E-state index in [9.17, 15) is 0 Å². The molecule has 0 saturated heterocycles. The molecule has 94 valence electrons. The number of pyridine rings is 1. The molecule has 2 aromatic rings. The highest BCUT2D eigenvalue weighted by molar-refractivity contribution is 5.65. The van der Waals surface area contributed by atoms with Gasteiger partial charge in [-0.05, 0) is 36.7 Å². The van der Waals surface area contributed by atoms with Crippen molar-refractivity contribution in [3.63, 3.8) is 0 Å². The number of nitrogens with one attached hydrogen (secondary N) is 2. The number of aromatic nitrogens is 1. The molecule has 0 saturated carbocycles. The zero-order valence-electron chi connectivity index (χ0n) is 11.1. The average molecular weight is 241 g/mol. The first-order chi connectivity index (χ1) is 8.74. The molecule has 0 fully saturated rings. The van der Waals surface area contributed by atoms with E-state index in [2.05, 4.69) is 52.9 Å². The van der Waals surface area contributed by atoms with Gasteiger partial charge in [-0.3, -0.25) is 0 Å². The summed E-state index contributed by atoms with van der Waals surface area (Å²) in [4.78, 5) is 4.41. The molecule has 0 radical (unpaired) electrons. The smallest absolute Gasteiger partial charge is 0.128 e. The fraction of sp³-hybridized carbons (Fsp3) is 0.267. The van der Waals surface area contributed by atoms with Crippen molar-refractivity contribution in [2.24, 2.45) is 0 Å². The normalized spacial score (nSPS) is 10.4. The van der Waals surface area contributed by atoms with E-state index in [0.717, 1.165) is 23.5 Å². The van der Waals surface area contributed by atoms with Crippen molar-refractivity contribution in [1.29, 1.82) is 0 Å². The Labute approximate surface area is 108 Å². The number of nitrogens with zero attached hydrogens (tertiary/aromatic N) is 1. The molecule has 1 aromatic heterocycles.